The molecule has 1 aromatic carbocycles. The summed E-state index contributed by atoms with van der Waals surface area (Å²) in [4.78, 5) is 17.2. The first-order valence-corrected chi connectivity index (χ1v) is 8.02. The van der Waals surface area contributed by atoms with Gasteiger partial charge >= 0.3 is 0 Å². The van der Waals surface area contributed by atoms with E-state index >= 15 is 0 Å². The van der Waals surface area contributed by atoms with Gasteiger partial charge in [0.25, 0.3) is 0 Å². The molecule has 2 aliphatic rings. The van der Waals surface area contributed by atoms with Crippen LogP contribution >= 0.6 is 11.8 Å². The molecule has 0 spiro atoms. The number of ketones is 1. The quantitative estimate of drug-likeness (QED) is 0.865. The first-order valence-electron chi connectivity index (χ1n) is 7.03. The van der Waals surface area contributed by atoms with E-state index in [2.05, 4.69) is 10.1 Å². The molecule has 0 radical (unpaired) electrons. The average Bonchev–Trinajstić information content (AvgIpc) is 3.27. The van der Waals surface area contributed by atoms with E-state index in [1.165, 1.54) is 0 Å². The zero-order chi connectivity index (χ0) is 14.2. The lowest BCUT2D eigenvalue weighted by atomic mass is 10.2. The predicted molar refractivity (Wildman–Crippen MR) is 76.3 cm³/mol. The van der Waals surface area contributed by atoms with Crippen LogP contribution in [0.25, 0.3) is 0 Å². The van der Waals surface area contributed by atoms with Crippen LogP contribution in [0.3, 0.4) is 0 Å². The first-order chi connectivity index (χ1) is 10.3. The first kappa shape index (κ1) is 12.9. The summed E-state index contributed by atoms with van der Waals surface area (Å²) in [7, 11) is 0. The number of ether oxygens (including phenoxy) is 1. The second-order valence-corrected chi connectivity index (χ2v) is 6.39. The van der Waals surface area contributed by atoms with Crippen molar-refractivity contribution >= 4 is 17.5 Å². The summed E-state index contributed by atoms with van der Waals surface area (Å²) < 4.78 is 11.1. The number of para-hydroxylation sites is 1. The standard InChI is InChI=1S/C15H14N2O3S/c18-10(9-5-6-9)7-14-16-15(17-20-14)12-8-21-13-4-2-1-3-11(13)19-12/h1-4,9,12H,5-8H2. The Bertz CT molecular complexity index is 681. The third-order valence-corrected chi connectivity index (χ3v) is 4.76. The van der Waals surface area contributed by atoms with Crippen LogP contribution in [-0.4, -0.2) is 21.7 Å². The summed E-state index contributed by atoms with van der Waals surface area (Å²) in [6.45, 7) is 0. The highest BCUT2D eigenvalue weighted by Crippen LogP contribution is 2.39. The molecule has 6 heteroatoms. The molecule has 108 valence electrons. The zero-order valence-electron chi connectivity index (χ0n) is 11.3. The van der Waals surface area contributed by atoms with Gasteiger partial charge in [0.15, 0.2) is 6.10 Å². The lowest BCUT2D eigenvalue weighted by molar-refractivity contribution is -0.119. The maximum absolute atomic E-state index is 11.8. The number of carbonyl (C=O) groups is 1. The molecule has 2 aromatic rings. The molecule has 1 aliphatic carbocycles. The van der Waals surface area contributed by atoms with Crippen molar-refractivity contribution in [2.45, 2.75) is 30.3 Å². The maximum Gasteiger partial charge on any atom is 0.234 e. The number of fused-ring (bicyclic) bond motifs is 1. The van der Waals surface area contributed by atoms with Crippen molar-refractivity contribution in [1.82, 2.24) is 10.1 Å². The topological polar surface area (TPSA) is 65.2 Å². The van der Waals surface area contributed by atoms with Gasteiger partial charge in [-0.1, -0.05) is 17.3 Å². The van der Waals surface area contributed by atoms with E-state index in [4.69, 9.17) is 9.26 Å². The number of benzene rings is 1. The van der Waals surface area contributed by atoms with E-state index in [1.54, 1.807) is 11.8 Å². The molecule has 5 nitrogen and oxygen atoms in total. The third kappa shape index (κ3) is 2.68. The fraction of sp³-hybridized carbons (Fsp3) is 0.400. The highest BCUT2D eigenvalue weighted by Gasteiger charge is 2.31. The van der Waals surface area contributed by atoms with Gasteiger partial charge in [-0.05, 0) is 25.0 Å². The molecule has 0 N–H and O–H groups in total. The van der Waals surface area contributed by atoms with Crippen LogP contribution in [0.5, 0.6) is 5.75 Å². The minimum absolute atomic E-state index is 0.203. The van der Waals surface area contributed by atoms with Gasteiger partial charge in [-0.2, -0.15) is 4.98 Å². The Morgan fingerprint density at radius 1 is 1.33 bits per heavy atom. The smallest absolute Gasteiger partial charge is 0.234 e. The molecule has 1 unspecified atom stereocenters. The number of nitrogens with zero attached hydrogens (tertiary/aromatic N) is 2. The molecular formula is C15H14N2O3S. The second kappa shape index (κ2) is 5.18. The van der Waals surface area contributed by atoms with Gasteiger partial charge in [0.2, 0.25) is 11.7 Å². The van der Waals surface area contributed by atoms with Gasteiger partial charge in [-0.25, -0.2) is 0 Å². The molecule has 4 rings (SSSR count). The molecule has 1 aromatic heterocycles. The monoisotopic (exact) mass is 302 g/mol. The largest absolute Gasteiger partial charge is 0.480 e. The van der Waals surface area contributed by atoms with Crippen LogP contribution in [0.2, 0.25) is 0 Å². The van der Waals surface area contributed by atoms with Crippen molar-refractivity contribution in [3.63, 3.8) is 0 Å². The van der Waals surface area contributed by atoms with E-state index in [1.807, 2.05) is 24.3 Å². The van der Waals surface area contributed by atoms with Crippen LogP contribution in [-0.2, 0) is 11.2 Å². The summed E-state index contributed by atoms with van der Waals surface area (Å²) in [5, 5.41) is 3.97. The number of Topliss-reactive ketones (excluding diaryl/α,β-unsaturated/α-hetero) is 1. The fourth-order valence-electron chi connectivity index (χ4n) is 2.32. The number of aromatic nitrogens is 2. The molecule has 0 bridgehead atoms. The minimum atomic E-state index is -0.224. The van der Waals surface area contributed by atoms with Crippen molar-refractivity contribution < 1.29 is 14.1 Å². The SMILES string of the molecule is O=C(Cc1nc(C2CSc3ccccc3O2)no1)C1CC1. The number of hydrogen-bond donors (Lipinski definition) is 0. The predicted octanol–water partition coefficient (Wildman–Crippen LogP) is 2.82. The molecular weight excluding hydrogens is 288 g/mol. The van der Waals surface area contributed by atoms with Crippen LogP contribution in [0.4, 0.5) is 0 Å². The average molecular weight is 302 g/mol. The van der Waals surface area contributed by atoms with Gasteiger partial charge in [-0.3, -0.25) is 4.79 Å². The Morgan fingerprint density at radius 2 is 2.19 bits per heavy atom. The maximum atomic E-state index is 11.8. The summed E-state index contributed by atoms with van der Waals surface area (Å²) in [6, 6.07) is 7.90. The van der Waals surface area contributed by atoms with Crippen molar-refractivity contribution in [3.05, 3.63) is 36.0 Å². The van der Waals surface area contributed by atoms with E-state index in [0.717, 1.165) is 29.2 Å². The van der Waals surface area contributed by atoms with Crippen molar-refractivity contribution in [2.24, 2.45) is 5.92 Å². The molecule has 0 amide bonds. The Labute approximate surface area is 126 Å². The van der Waals surface area contributed by atoms with Gasteiger partial charge in [0, 0.05) is 16.6 Å². The van der Waals surface area contributed by atoms with Crippen LogP contribution < -0.4 is 4.74 Å². The third-order valence-electron chi connectivity index (χ3n) is 3.64. The molecule has 1 saturated carbocycles. The van der Waals surface area contributed by atoms with Crippen molar-refractivity contribution in [3.8, 4) is 5.75 Å². The minimum Gasteiger partial charge on any atom is -0.480 e. The Balaban J connectivity index is 1.47. The molecule has 1 atom stereocenters. The normalized spacial score (nSPS) is 20.7. The molecule has 0 saturated heterocycles. The number of carbonyl (C=O) groups excluding carboxylic acids is 1. The van der Waals surface area contributed by atoms with E-state index in [0.29, 0.717) is 11.7 Å². The molecule has 1 aliphatic heterocycles. The Morgan fingerprint density at radius 3 is 3.05 bits per heavy atom. The van der Waals surface area contributed by atoms with E-state index in [-0.39, 0.29) is 24.2 Å². The highest BCUT2D eigenvalue weighted by molar-refractivity contribution is 7.99. The Hall–Kier alpha value is -1.82. The van der Waals surface area contributed by atoms with Crippen LogP contribution in [0, 0.1) is 5.92 Å². The summed E-state index contributed by atoms with van der Waals surface area (Å²) in [5.74, 6) is 2.93. The van der Waals surface area contributed by atoms with Crippen LogP contribution in [0.1, 0.15) is 30.7 Å². The van der Waals surface area contributed by atoms with Crippen LogP contribution in [0.15, 0.2) is 33.7 Å². The van der Waals surface area contributed by atoms with Gasteiger partial charge in [-0.15, -0.1) is 11.8 Å². The molecule has 21 heavy (non-hydrogen) atoms. The van der Waals surface area contributed by atoms with Crippen molar-refractivity contribution in [1.29, 1.82) is 0 Å². The lowest BCUT2D eigenvalue weighted by Gasteiger charge is -2.22. The summed E-state index contributed by atoms with van der Waals surface area (Å²) in [5.41, 5.74) is 0. The number of rotatable bonds is 4. The van der Waals surface area contributed by atoms with E-state index in [9.17, 15) is 4.79 Å². The second-order valence-electron chi connectivity index (χ2n) is 5.33. The van der Waals surface area contributed by atoms with Gasteiger partial charge in [0.1, 0.15) is 11.5 Å². The zero-order valence-corrected chi connectivity index (χ0v) is 12.1. The number of hydrogen-bond acceptors (Lipinski definition) is 6. The van der Waals surface area contributed by atoms with Gasteiger partial charge < -0.3 is 9.26 Å². The summed E-state index contributed by atoms with van der Waals surface area (Å²) >= 11 is 1.72. The highest BCUT2D eigenvalue weighted by atomic mass is 32.2. The van der Waals surface area contributed by atoms with E-state index < -0.39 is 0 Å². The Kier molecular flexibility index (Phi) is 3.18. The van der Waals surface area contributed by atoms with Gasteiger partial charge in [0.05, 0.1) is 6.42 Å². The lowest BCUT2D eigenvalue weighted by Crippen LogP contribution is -2.16. The number of thioether (sulfide) groups is 1. The summed E-state index contributed by atoms with van der Waals surface area (Å²) in [6.07, 6.45) is 2.02. The fourth-order valence-corrected chi connectivity index (χ4v) is 3.30. The molecule has 1 fully saturated rings. The van der Waals surface area contributed by atoms with Crippen molar-refractivity contribution in [2.75, 3.05) is 5.75 Å². The molecule has 2 heterocycles.